The highest BCUT2D eigenvalue weighted by atomic mass is 35.5. The van der Waals surface area contributed by atoms with E-state index in [0.717, 1.165) is 5.56 Å². The van der Waals surface area contributed by atoms with Crippen molar-refractivity contribution in [2.75, 3.05) is 5.32 Å². The SMILES string of the molecule is Cc1ccc(NC(=O)Cn2nnc(C=O)c2C)cc1Cl. The number of aryl methyl sites for hydroxylation is 1. The predicted molar refractivity (Wildman–Crippen MR) is 75.0 cm³/mol. The van der Waals surface area contributed by atoms with Crippen molar-refractivity contribution < 1.29 is 9.59 Å². The fourth-order valence-corrected chi connectivity index (χ4v) is 1.82. The molecular weight excluding hydrogens is 280 g/mol. The van der Waals surface area contributed by atoms with Crippen molar-refractivity contribution in [1.82, 2.24) is 15.0 Å². The highest BCUT2D eigenvalue weighted by Crippen LogP contribution is 2.19. The van der Waals surface area contributed by atoms with Crippen LogP contribution in [0.25, 0.3) is 0 Å². The molecule has 6 nitrogen and oxygen atoms in total. The Bertz CT molecular complexity index is 666. The molecule has 1 aromatic heterocycles. The Balaban J connectivity index is 2.06. The maximum Gasteiger partial charge on any atom is 0.246 e. The molecule has 0 saturated carbocycles. The molecule has 0 fully saturated rings. The molecule has 1 amide bonds. The van der Waals surface area contributed by atoms with Crippen LogP contribution >= 0.6 is 11.6 Å². The molecule has 0 saturated heterocycles. The second-order valence-electron chi connectivity index (χ2n) is 4.35. The van der Waals surface area contributed by atoms with Gasteiger partial charge in [0.25, 0.3) is 0 Å². The van der Waals surface area contributed by atoms with E-state index < -0.39 is 0 Å². The first kappa shape index (κ1) is 14.2. The Morgan fingerprint density at radius 1 is 1.45 bits per heavy atom. The number of nitrogens with zero attached hydrogens (tertiary/aromatic N) is 3. The third-order valence-corrected chi connectivity index (χ3v) is 3.29. The second kappa shape index (κ2) is 5.83. The summed E-state index contributed by atoms with van der Waals surface area (Å²) in [5.74, 6) is -0.268. The molecule has 0 spiro atoms. The molecule has 2 rings (SSSR count). The predicted octanol–water partition coefficient (Wildman–Crippen LogP) is 2.00. The number of aldehydes is 1. The standard InChI is InChI=1S/C13H13ClN4O2/c1-8-3-4-10(5-11(8)14)15-13(20)6-18-9(2)12(7-19)16-17-18/h3-5,7H,6H2,1-2H3,(H,15,20). The van der Waals surface area contributed by atoms with E-state index in [1.165, 1.54) is 4.68 Å². The number of amides is 1. The largest absolute Gasteiger partial charge is 0.324 e. The van der Waals surface area contributed by atoms with Gasteiger partial charge < -0.3 is 5.32 Å². The molecule has 2 aromatic rings. The van der Waals surface area contributed by atoms with Gasteiger partial charge in [-0.15, -0.1) is 5.10 Å². The average Bonchev–Trinajstić information content (AvgIpc) is 2.75. The quantitative estimate of drug-likeness (QED) is 0.874. The number of hydrogen-bond acceptors (Lipinski definition) is 4. The van der Waals surface area contributed by atoms with Gasteiger partial charge in [-0.1, -0.05) is 22.9 Å². The number of aromatic nitrogens is 3. The zero-order chi connectivity index (χ0) is 14.7. The van der Waals surface area contributed by atoms with Gasteiger partial charge in [0.15, 0.2) is 6.29 Å². The van der Waals surface area contributed by atoms with E-state index in [0.29, 0.717) is 22.7 Å². The van der Waals surface area contributed by atoms with Crippen molar-refractivity contribution in [3.8, 4) is 0 Å². The van der Waals surface area contributed by atoms with Crippen LogP contribution in [0.15, 0.2) is 18.2 Å². The third kappa shape index (κ3) is 3.03. The lowest BCUT2D eigenvalue weighted by Gasteiger charge is -2.07. The maximum atomic E-state index is 11.9. The first-order chi connectivity index (χ1) is 9.51. The van der Waals surface area contributed by atoms with Crippen molar-refractivity contribution in [2.45, 2.75) is 20.4 Å². The maximum absolute atomic E-state index is 11.9. The van der Waals surface area contributed by atoms with E-state index >= 15 is 0 Å². The van der Waals surface area contributed by atoms with E-state index in [1.807, 2.05) is 13.0 Å². The van der Waals surface area contributed by atoms with Crippen molar-refractivity contribution >= 4 is 29.5 Å². The minimum absolute atomic E-state index is 0.0157. The molecule has 0 unspecified atom stereocenters. The summed E-state index contributed by atoms with van der Waals surface area (Å²) >= 11 is 5.99. The van der Waals surface area contributed by atoms with Gasteiger partial charge >= 0.3 is 0 Å². The highest BCUT2D eigenvalue weighted by molar-refractivity contribution is 6.31. The van der Waals surface area contributed by atoms with E-state index in [9.17, 15) is 9.59 Å². The molecule has 0 radical (unpaired) electrons. The normalized spacial score (nSPS) is 10.3. The molecule has 1 heterocycles. The van der Waals surface area contributed by atoms with Gasteiger partial charge in [-0.05, 0) is 31.5 Å². The summed E-state index contributed by atoms with van der Waals surface area (Å²) in [6, 6.07) is 5.27. The number of rotatable bonds is 4. The van der Waals surface area contributed by atoms with Crippen LogP contribution in [0.4, 0.5) is 5.69 Å². The zero-order valence-electron chi connectivity index (χ0n) is 11.1. The topological polar surface area (TPSA) is 76.9 Å². The Kier molecular flexibility index (Phi) is 4.14. The minimum atomic E-state index is -0.268. The number of halogens is 1. The Morgan fingerprint density at radius 3 is 2.80 bits per heavy atom. The van der Waals surface area contributed by atoms with Crippen LogP contribution < -0.4 is 5.32 Å². The Hall–Kier alpha value is -2.21. The minimum Gasteiger partial charge on any atom is -0.324 e. The van der Waals surface area contributed by atoms with Gasteiger partial charge in [0.05, 0.1) is 5.69 Å². The number of hydrogen-bond donors (Lipinski definition) is 1. The number of carbonyl (C=O) groups excluding carboxylic acids is 2. The fraction of sp³-hybridized carbons (Fsp3) is 0.231. The van der Waals surface area contributed by atoms with E-state index in [2.05, 4.69) is 15.6 Å². The number of benzene rings is 1. The number of anilines is 1. The van der Waals surface area contributed by atoms with Crippen molar-refractivity contribution in [3.63, 3.8) is 0 Å². The average molecular weight is 293 g/mol. The molecule has 20 heavy (non-hydrogen) atoms. The Morgan fingerprint density at radius 2 is 2.20 bits per heavy atom. The summed E-state index contributed by atoms with van der Waals surface area (Å²) in [5, 5.41) is 10.7. The van der Waals surface area contributed by atoms with Crippen molar-refractivity contribution in [3.05, 3.63) is 40.2 Å². The summed E-state index contributed by atoms with van der Waals surface area (Å²) in [6.07, 6.45) is 0.608. The zero-order valence-corrected chi connectivity index (χ0v) is 11.8. The lowest BCUT2D eigenvalue weighted by molar-refractivity contribution is -0.117. The molecule has 0 aliphatic heterocycles. The smallest absolute Gasteiger partial charge is 0.246 e. The van der Waals surface area contributed by atoms with E-state index in [-0.39, 0.29) is 18.1 Å². The molecule has 7 heteroatoms. The van der Waals surface area contributed by atoms with Crippen LogP contribution in [0.5, 0.6) is 0 Å². The molecular formula is C13H13ClN4O2. The van der Waals surface area contributed by atoms with Crippen LogP contribution in [0.3, 0.4) is 0 Å². The molecule has 1 aromatic carbocycles. The van der Waals surface area contributed by atoms with Crippen LogP contribution in [-0.4, -0.2) is 27.2 Å². The molecule has 1 N–H and O–H groups in total. The fourth-order valence-electron chi connectivity index (χ4n) is 1.64. The highest BCUT2D eigenvalue weighted by Gasteiger charge is 2.11. The van der Waals surface area contributed by atoms with Crippen LogP contribution in [0, 0.1) is 13.8 Å². The second-order valence-corrected chi connectivity index (χ2v) is 4.75. The Labute approximate surface area is 120 Å². The van der Waals surface area contributed by atoms with Crippen LogP contribution in [0.2, 0.25) is 5.02 Å². The summed E-state index contributed by atoms with van der Waals surface area (Å²) in [6.45, 7) is 3.55. The van der Waals surface area contributed by atoms with Gasteiger partial charge in [0, 0.05) is 10.7 Å². The summed E-state index contributed by atoms with van der Waals surface area (Å²) < 4.78 is 1.37. The third-order valence-electron chi connectivity index (χ3n) is 2.88. The molecule has 0 aliphatic carbocycles. The van der Waals surface area contributed by atoms with Gasteiger partial charge in [0.1, 0.15) is 12.2 Å². The van der Waals surface area contributed by atoms with Crippen LogP contribution in [0.1, 0.15) is 21.7 Å². The molecule has 0 atom stereocenters. The first-order valence-corrected chi connectivity index (χ1v) is 6.30. The van der Waals surface area contributed by atoms with Gasteiger partial charge in [-0.25, -0.2) is 4.68 Å². The van der Waals surface area contributed by atoms with Gasteiger partial charge in [-0.2, -0.15) is 0 Å². The van der Waals surface area contributed by atoms with Crippen molar-refractivity contribution in [2.24, 2.45) is 0 Å². The first-order valence-electron chi connectivity index (χ1n) is 5.92. The van der Waals surface area contributed by atoms with E-state index in [4.69, 9.17) is 11.6 Å². The molecule has 0 bridgehead atoms. The lowest BCUT2D eigenvalue weighted by Crippen LogP contribution is -2.20. The monoisotopic (exact) mass is 292 g/mol. The summed E-state index contributed by atoms with van der Waals surface area (Å²) in [5.41, 5.74) is 2.33. The number of nitrogens with one attached hydrogen (secondary N) is 1. The number of carbonyl (C=O) groups is 2. The molecule has 0 aliphatic rings. The molecule has 104 valence electrons. The summed E-state index contributed by atoms with van der Waals surface area (Å²) in [4.78, 5) is 22.6. The van der Waals surface area contributed by atoms with Crippen LogP contribution in [-0.2, 0) is 11.3 Å². The van der Waals surface area contributed by atoms with E-state index in [1.54, 1.807) is 19.1 Å². The lowest BCUT2D eigenvalue weighted by atomic mass is 10.2. The van der Waals surface area contributed by atoms with Gasteiger partial charge in [-0.3, -0.25) is 9.59 Å². The van der Waals surface area contributed by atoms with Crippen molar-refractivity contribution in [1.29, 1.82) is 0 Å². The van der Waals surface area contributed by atoms with Gasteiger partial charge in [0.2, 0.25) is 5.91 Å². The summed E-state index contributed by atoms with van der Waals surface area (Å²) in [7, 11) is 0.